The number of pyridine rings is 1. The predicted molar refractivity (Wildman–Crippen MR) is 86.9 cm³/mol. The van der Waals surface area contributed by atoms with Crippen LogP contribution in [0.25, 0.3) is 10.9 Å². The maximum atomic E-state index is 13.1. The van der Waals surface area contributed by atoms with Crippen molar-refractivity contribution >= 4 is 16.9 Å². The zero-order chi connectivity index (χ0) is 18.9. The molecular formula is C17H14F3N3O3. The third kappa shape index (κ3) is 3.46. The number of alkyl halides is 3. The van der Waals surface area contributed by atoms with Gasteiger partial charge in [-0.3, -0.25) is 9.48 Å². The number of nitrogens with zero attached hydrogens (tertiary/aromatic N) is 2. The highest BCUT2D eigenvalue weighted by Gasteiger charge is 2.39. The van der Waals surface area contributed by atoms with E-state index in [-0.39, 0.29) is 18.7 Å². The first-order chi connectivity index (χ1) is 12.3. The maximum absolute atomic E-state index is 13.1. The number of ether oxygens (including phenoxy) is 1. The van der Waals surface area contributed by atoms with Gasteiger partial charge in [-0.15, -0.1) is 0 Å². The van der Waals surface area contributed by atoms with Crippen molar-refractivity contribution in [2.45, 2.75) is 19.6 Å². The second kappa shape index (κ2) is 6.66. The molecule has 1 N–H and O–H groups in total. The van der Waals surface area contributed by atoms with Crippen molar-refractivity contribution in [2.75, 3.05) is 6.61 Å². The standard InChI is InChI=1S/C17H14F3N3O3/c1-2-26-16(25)12-9-23(22-14(12)17(18,19)20)8-11-7-10-5-3-4-6-13(10)21-15(11)24/h3-7,9H,2,8H2,1H3,(H,21,24). The van der Waals surface area contributed by atoms with Gasteiger partial charge in [0.05, 0.1) is 13.2 Å². The number of hydrogen-bond acceptors (Lipinski definition) is 4. The van der Waals surface area contributed by atoms with E-state index in [0.717, 1.165) is 16.3 Å². The molecule has 0 radical (unpaired) electrons. The zero-order valence-electron chi connectivity index (χ0n) is 13.6. The highest BCUT2D eigenvalue weighted by atomic mass is 19.4. The van der Waals surface area contributed by atoms with E-state index in [0.29, 0.717) is 5.52 Å². The number of hydrogen-bond donors (Lipinski definition) is 1. The smallest absolute Gasteiger partial charge is 0.436 e. The van der Waals surface area contributed by atoms with Gasteiger partial charge in [0.2, 0.25) is 0 Å². The van der Waals surface area contributed by atoms with Gasteiger partial charge >= 0.3 is 12.1 Å². The molecule has 26 heavy (non-hydrogen) atoms. The van der Waals surface area contributed by atoms with Crippen LogP contribution in [0, 0.1) is 0 Å². The molecule has 136 valence electrons. The summed E-state index contributed by atoms with van der Waals surface area (Å²) in [7, 11) is 0. The summed E-state index contributed by atoms with van der Waals surface area (Å²) in [6.45, 7) is 1.21. The van der Waals surface area contributed by atoms with Crippen LogP contribution in [0.3, 0.4) is 0 Å². The molecule has 1 aromatic carbocycles. The summed E-state index contributed by atoms with van der Waals surface area (Å²) >= 11 is 0. The third-order valence-corrected chi connectivity index (χ3v) is 3.69. The van der Waals surface area contributed by atoms with Gasteiger partial charge in [0.15, 0.2) is 5.69 Å². The van der Waals surface area contributed by atoms with E-state index in [4.69, 9.17) is 0 Å². The van der Waals surface area contributed by atoms with Gasteiger partial charge < -0.3 is 9.72 Å². The summed E-state index contributed by atoms with van der Waals surface area (Å²) in [5.41, 5.74) is -1.63. The molecule has 0 amide bonds. The number of rotatable bonds is 4. The predicted octanol–water partition coefficient (Wildman–Crippen LogP) is 2.97. The number of H-pyrrole nitrogens is 1. The van der Waals surface area contributed by atoms with Crippen LogP contribution in [0.4, 0.5) is 13.2 Å². The molecule has 6 nitrogen and oxygen atoms in total. The molecule has 2 heterocycles. The minimum atomic E-state index is -4.82. The van der Waals surface area contributed by atoms with Gasteiger partial charge in [0, 0.05) is 17.3 Å². The second-order valence-corrected chi connectivity index (χ2v) is 5.52. The van der Waals surface area contributed by atoms with E-state index in [1.807, 2.05) is 0 Å². The molecule has 3 rings (SSSR count). The van der Waals surface area contributed by atoms with E-state index in [2.05, 4.69) is 14.8 Å². The molecule has 0 atom stereocenters. The Hall–Kier alpha value is -3.10. The van der Waals surface area contributed by atoms with Gasteiger partial charge in [0.25, 0.3) is 5.56 Å². The van der Waals surface area contributed by atoms with Gasteiger partial charge in [-0.25, -0.2) is 4.79 Å². The Kier molecular flexibility index (Phi) is 4.54. The van der Waals surface area contributed by atoms with E-state index in [1.165, 1.54) is 6.92 Å². The Morgan fingerprint density at radius 3 is 2.73 bits per heavy atom. The molecule has 2 aromatic heterocycles. The largest absolute Gasteiger partial charge is 0.462 e. The second-order valence-electron chi connectivity index (χ2n) is 5.52. The molecule has 0 unspecified atom stereocenters. The van der Waals surface area contributed by atoms with Crippen molar-refractivity contribution in [3.63, 3.8) is 0 Å². The van der Waals surface area contributed by atoms with Crippen LogP contribution in [0.15, 0.2) is 41.3 Å². The summed E-state index contributed by atoms with van der Waals surface area (Å²) in [5, 5.41) is 4.17. The van der Waals surface area contributed by atoms with Gasteiger partial charge in [-0.05, 0) is 24.4 Å². The average molecular weight is 365 g/mol. The van der Waals surface area contributed by atoms with Crippen molar-refractivity contribution in [1.82, 2.24) is 14.8 Å². The lowest BCUT2D eigenvalue weighted by Crippen LogP contribution is -2.16. The van der Waals surface area contributed by atoms with Crippen LogP contribution in [-0.2, 0) is 17.5 Å². The summed E-state index contributed by atoms with van der Waals surface area (Å²) in [6, 6.07) is 8.59. The van der Waals surface area contributed by atoms with Gasteiger partial charge in [-0.2, -0.15) is 18.3 Å². The summed E-state index contributed by atoms with van der Waals surface area (Å²) in [4.78, 5) is 26.6. The minimum Gasteiger partial charge on any atom is -0.462 e. The third-order valence-electron chi connectivity index (χ3n) is 3.69. The molecule has 9 heteroatoms. The molecule has 0 spiro atoms. The Morgan fingerprint density at radius 2 is 2.04 bits per heavy atom. The van der Waals surface area contributed by atoms with E-state index in [1.54, 1.807) is 30.3 Å². The average Bonchev–Trinajstić information content (AvgIpc) is 3.00. The Labute approximate surface area is 145 Å². The fraction of sp³-hybridized carbons (Fsp3) is 0.235. The number of fused-ring (bicyclic) bond motifs is 1. The number of para-hydroxylation sites is 1. The van der Waals surface area contributed by atoms with Crippen LogP contribution >= 0.6 is 0 Å². The molecular weight excluding hydrogens is 351 g/mol. The van der Waals surface area contributed by atoms with Crippen LogP contribution < -0.4 is 5.56 Å². The molecule has 0 aliphatic heterocycles. The number of halogens is 3. The number of benzene rings is 1. The zero-order valence-corrected chi connectivity index (χ0v) is 13.6. The first kappa shape index (κ1) is 17.7. The van der Waals surface area contributed by atoms with Crippen molar-refractivity contribution < 1.29 is 22.7 Å². The Balaban J connectivity index is 2.01. The number of aromatic nitrogens is 3. The van der Waals surface area contributed by atoms with Crippen molar-refractivity contribution in [2.24, 2.45) is 0 Å². The van der Waals surface area contributed by atoms with E-state index >= 15 is 0 Å². The van der Waals surface area contributed by atoms with Gasteiger partial charge in [0.1, 0.15) is 5.56 Å². The molecule has 0 bridgehead atoms. The monoisotopic (exact) mass is 365 g/mol. The Morgan fingerprint density at radius 1 is 1.31 bits per heavy atom. The number of carbonyl (C=O) groups excluding carboxylic acids is 1. The fourth-order valence-corrected chi connectivity index (χ4v) is 2.55. The number of esters is 1. The lowest BCUT2D eigenvalue weighted by molar-refractivity contribution is -0.142. The topological polar surface area (TPSA) is 77.0 Å². The summed E-state index contributed by atoms with van der Waals surface area (Å²) in [5.74, 6) is -1.11. The molecule has 0 saturated carbocycles. The molecule has 0 saturated heterocycles. The first-order valence-corrected chi connectivity index (χ1v) is 7.72. The summed E-state index contributed by atoms with van der Waals surface area (Å²) < 4.78 is 45.0. The molecule has 3 aromatic rings. The van der Waals surface area contributed by atoms with Gasteiger partial charge in [-0.1, -0.05) is 18.2 Å². The number of nitrogens with one attached hydrogen (secondary N) is 1. The normalized spacial score (nSPS) is 11.7. The highest BCUT2D eigenvalue weighted by molar-refractivity contribution is 5.90. The first-order valence-electron chi connectivity index (χ1n) is 7.72. The van der Waals surface area contributed by atoms with E-state index < -0.39 is 29.0 Å². The quantitative estimate of drug-likeness (QED) is 0.721. The van der Waals surface area contributed by atoms with Crippen LogP contribution in [0.1, 0.15) is 28.5 Å². The minimum absolute atomic E-state index is 0.0638. The summed E-state index contributed by atoms with van der Waals surface area (Å²) in [6.07, 6.45) is -3.88. The fourth-order valence-electron chi connectivity index (χ4n) is 2.55. The SMILES string of the molecule is CCOC(=O)c1cn(Cc2cc3ccccc3[nH]c2=O)nc1C(F)(F)F. The van der Waals surface area contributed by atoms with Crippen LogP contribution in [-0.4, -0.2) is 27.3 Å². The lowest BCUT2D eigenvalue weighted by atomic mass is 10.1. The maximum Gasteiger partial charge on any atom is 0.436 e. The Bertz CT molecular complexity index is 1020. The molecule has 0 aliphatic rings. The molecule has 0 fully saturated rings. The lowest BCUT2D eigenvalue weighted by Gasteiger charge is -2.05. The van der Waals surface area contributed by atoms with Crippen molar-refractivity contribution in [3.05, 3.63) is 63.7 Å². The number of aromatic amines is 1. The number of carbonyl (C=O) groups is 1. The van der Waals surface area contributed by atoms with E-state index in [9.17, 15) is 22.8 Å². The molecule has 0 aliphatic carbocycles. The van der Waals surface area contributed by atoms with Crippen molar-refractivity contribution in [1.29, 1.82) is 0 Å². The van der Waals surface area contributed by atoms with Crippen molar-refractivity contribution in [3.8, 4) is 0 Å². The van der Waals surface area contributed by atoms with Crippen LogP contribution in [0.5, 0.6) is 0 Å². The highest BCUT2D eigenvalue weighted by Crippen LogP contribution is 2.31. The van der Waals surface area contributed by atoms with Crippen LogP contribution in [0.2, 0.25) is 0 Å².